The van der Waals surface area contributed by atoms with Gasteiger partial charge >= 0.3 is 0 Å². The van der Waals surface area contributed by atoms with Crippen molar-refractivity contribution in [3.8, 4) is 0 Å². The molecule has 4 rings (SSSR count). The lowest BCUT2D eigenvalue weighted by Gasteiger charge is -2.61. The van der Waals surface area contributed by atoms with Gasteiger partial charge in [0.25, 0.3) is 0 Å². The number of carbonyl (C=O) groups excluding carboxylic acids is 1. The van der Waals surface area contributed by atoms with Gasteiger partial charge in [-0.3, -0.25) is 4.79 Å². The maximum absolute atomic E-state index is 13.1. The van der Waals surface area contributed by atoms with E-state index in [1.807, 2.05) is 0 Å². The van der Waals surface area contributed by atoms with Crippen molar-refractivity contribution < 1.29 is 9.53 Å². The van der Waals surface area contributed by atoms with E-state index in [2.05, 4.69) is 18.7 Å². The van der Waals surface area contributed by atoms with Crippen molar-refractivity contribution in [3.05, 3.63) is 0 Å². The van der Waals surface area contributed by atoms with Gasteiger partial charge in [0, 0.05) is 31.0 Å². The number of fused-ring (bicyclic) bond motifs is 2. The lowest BCUT2D eigenvalue weighted by atomic mass is 9.47. The zero-order valence-corrected chi connectivity index (χ0v) is 12.6. The largest absolute Gasteiger partial charge is 0.377 e. The molecule has 0 aromatic rings. The summed E-state index contributed by atoms with van der Waals surface area (Å²) in [5.41, 5.74) is 5.73. The number of hydrogen-bond acceptors (Lipinski definition) is 3. The van der Waals surface area contributed by atoms with E-state index in [1.54, 1.807) is 0 Å². The van der Waals surface area contributed by atoms with Crippen LogP contribution in [-0.4, -0.2) is 42.1 Å². The van der Waals surface area contributed by atoms with Crippen LogP contribution in [0, 0.1) is 23.2 Å². The summed E-state index contributed by atoms with van der Waals surface area (Å²) in [6.45, 7) is 6.85. The van der Waals surface area contributed by atoms with Gasteiger partial charge in [0.1, 0.15) is 5.54 Å². The van der Waals surface area contributed by atoms with Gasteiger partial charge in [-0.25, -0.2) is 0 Å². The first-order valence-electron chi connectivity index (χ1n) is 8.16. The second-order valence-electron chi connectivity index (χ2n) is 7.94. The van der Waals surface area contributed by atoms with Gasteiger partial charge in [0.15, 0.2) is 0 Å². The molecule has 4 nitrogen and oxygen atoms in total. The quantitative estimate of drug-likeness (QED) is 0.788. The molecule has 5 atom stereocenters. The summed E-state index contributed by atoms with van der Waals surface area (Å²) in [6.07, 6.45) is 5.06. The van der Waals surface area contributed by atoms with Crippen LogP contribution in [0.2, 0.25) is 0 Å². The van der Waals surface area contributed by atoms with Crippen LogP contribution < -0.4 is 5.73 Å². The molecule has 2 heterocycles. The summed E-state index contributed by atoms with van der Waals surface area (Å²) in [7, 11) is 0. The van der Waals surface area contributed by atoms with Gasteiger partial charge in [-0.05, 0) is 31.1 Å². The molecule has 2 saturated carbocycles. The summed E-state index contributed by atoms with van der Waals surface area (Å²) < 4.78 is 5.80. The molecular formula is C16H26N2O2. The first kappa shape index (κ1) is 13.1. The summed E-state index contributed by atoms with van der Waals surface area (Å²) in [5.74, 6) is 1.90. The summed E-state index contributed by atoms with van der Waals surface area (Å²) in [6, 6.07) is 0. The number of amides is 1. The normalized spacial score (nSPS) is 48.9. The maximum Gasteiger partial charge on any atom is 0.243 e. The van der Waals surface area contributed by atoms with Gasteiger partial charge in [-0.1, -0.05) is 20.3 Å². The Labute approximate surface area is 121 Å². The molecule has 2 aliphatic carbocycles. The third-order valence-electron chi connectivity index (χ3n) is 6.82. The molecule has 2 saturated heterocycles. The first-order valence-corrected chi connectivity index (χ1v) is 8.16. The molecule has 0 aromatic carbocycles. The van der Waals surface area contributed by atoms with Crippen molar-refractivity contribution in [1.82, 2.24) is 4.90 Å². The van der Waals surface area contributed by atoms with E-state index in [0.29, 0.717) is 0 Å². The minimum atomic E-state index is -0.702. The van der Waals surface area contributed by atoms with Crippen molar-refractivity contribution >= 4 is 5.91 Å². The van der Waals surface area contributed by atoms with Gasteiger partial charge in [-0.2, -0.15) is 0 Å². The van der Waals surface area contributed by atoms with E-state index in [0.717, 1.165) is 38.0 Å². The van der Waals surface area contributed by atoms with E-state index in [-0.39, 0.29) is 23.3 Å². The summed E-state index contributed by atoms with van der Waals surface area (Å²) in [5, 5.41) is 0. The van der Waals surface area contributed by atoms with E-state index >= 15 is 0 Å². The fourth-order valence-electron chi connectivity index (χ4n) is 5.48. The Kier molecular flexibility index (Phi) is 2.60. The Bertz CT molecular complexity index is 438. The average Bonchev–Trinajstić information content (AvgIpc) is 3.10. The molecule has 4 aliphatic rings. The Balaban J connectivity index is 1.56. The Morgan fingerprint density at radius 3 is 2.50 bits per heavy atom. The van der Waals surface area contributed by atoms with Crippen LogP contribution in [0.5, 0.6) is 0 Å². The Morgan fingerprint density at radius 2 is 1.85 bits per heavy atom. The number of nitrogens with zero attached hydrogens (tertiary/aromatic N) is 1. The van der Waals surface area contributed by atoms with Gasteiger partial charge in [0.2, 0.25) is 5.91 Å². The third kappa shape index (κ3) is 1.37. The third-order valence-corrected chi connectivity index (χ3v) is 6.82. The first-order chi connectivity index (χ1) is 9.46. The minimum Gasteiger partial charge on any atom is -0.377 e. The fourth-order valence-corrected chi connectivity index (χ4v) is 5.48. The molecule has 2 N–H and O–H groups in total. The predicted molar refractivity (Wildman–Crippen MR) is 76.0 cm³/mol. The number of carbonyl (C=O) groups is 1. The molecule has 0 aromatic heterocycles. The zero-order valence-electron chi connectivity index (χ0n) is 12.6. The number of ether oxygens (including phenoxy) is 1. The number of rotatable bonds is 1. The highest BCUT2D eigenvalue weighted by molar-refractivity contribution is 5.90. The lowest BCUT2D eigenvalue weighted by Crippen LogP contribution is -2.80. The van der Waals surface area contributed by atoms with Gasteiger partial charge < -0.3 is 15.4 Å². The van der Waals surface area contributed by atoms with Crippen LogP contribution in [0.25, 0.3) is 0 Å². The molecule has 2 aliphatic heterocycles. The van der Waals surface area contributed by atoms with Crippen molar-refractivity contribution in [1.29, 1.82) is 0 Å². The monoisotopic (exact) mass is 278 g/mol. The highest BCUT2D eigenvalue weighted by Crippen LogP contribution is 2.59. The predicted octanol–water partition coefficient (Wildman–Crippen LogP) is 1.39. The van der Waals surface area contributed by atoms with Crippen molar-refractivity contribution in [2.75, 3.05) is 19.7 Å². The molecule has 0 radical (unpaired) electrons. The highest BCUT2D eigenvalue weighted by atomic mass is 16.5. The molecule has 1 amide bonds. The van der Waals surface area contributed by atoms with E-state index in [4.69, 9.17) is 10.5 Å². The Hall–Kier alpha value is -0.610. The maximum atomic E-state index is 13.1. The topological polar surface area (TPSA) is 55.6 Å². The number of hydrogen-bond donors (Lipinski definition) is 1. The molecule has 112 valence electrons. The summed E-state index contributed by atoms with van der Waals surface area (Å²) in [4.78, 5) is 15.2. The van der Waals surface area contributed by atoms with Crippen LogP contribution in [-0.2, 0) is 9.53 Å². The van der Waals surface area contributed by atoms with Crippen molar-refractivity contribution in [2.45, 2.75) is 51.2 Å². The Morgan fingerprint density at radius 1 is 1.20 bits per heavy atom. The van der Waals surface area contributed by atoms with Gasteiger partial charge in [-0.15, -0.1) is 0 Å². The number of nitrogens with two attached hydrogens (primary N) is 1. The standard InChI is InChI=1S/C16H26N2O2/c1-15(2)13-12(6-7-20-13)16(15,17)14(19)18-8-10-4-3-5-11(10)9-18/h10-13H,3-9,17H2,1-2H3. The lowest BCUT2D eigenvalue weighted by molar-refractivity contribution is -0.183. The van der Waals surface area contributed by atoms with Crippen molar-refractivity contribution in [3.63, 3.8) is 0 Å². The molecule has 5 unspecified atom stereocenters. The van der Waals surface area contributed by atoms with Crippen LogP contribution in [0.4, 0.5) is 0 Å². The second-order valence-corrected chi connectivity index (χ2v) is 7.94. The smallest absolute Gasteiger partial charge is 0.243 e. The van der Waals surface area contributed by atoms with Crippen LogP contribution in [0.15, 0.2) is 0 Å². The van der Waals surface area contributed by atoms with E-state index in [1.165, 1.54) is 19.3 Å². The SMILES string of the molecule is CC1(C)C2OCCC2C1(N)C(=O)N1CC2CCCC2C1. The van der Waals surface area contributed by atoms with Crippen LogP contribution in [0.3, 0.4) is 0 Å². The molecular weight excluding hydrogens is 252 g/mol. The fraction of sp³-hybridized carbons (Fsp3) is 0.938. The minimum absolute atomic E-state index is 0.179. The average molecular weight is 278 g/mol. The molecule has 4 heteroatoms. The second kappa shape index (κ2) is 3.98. The zero-order chi connectivity index (χ0) is 14.1. The molecule has 4 fully saturated rings. The van der Waals surface area contributed by atoms with Crippen LogP contribution >= 0.6 is 0 Å². The van der Waals surface area contributed by atoms with E-state index in [9.17, 15) is 4.79 Å². The summed E-state index contributed by atoms with van der Waals surface area (Å²) >= 11 is 0. The van der Waals surface area contributed by atoms with Gasteiger partial charge in [0.05, 0.1) is 6.10 Å². The van der Waals surface area contributed by atoms with Crippen LogP contribution in [0.1, 0.15) is 39.5 Å². The highest BCUT2D eigenvalue weighted by Gasteiger charge is 2.72. The number of likely N-dealkylation sites (tertiary alicyclic amines) is 1. The molecule has 0 spiro atoms. The molecule has 20 heavy (non-hydrogen) atoms. The molecule has 0 bridgehead atoms. The van der Waals surface area contributed by atoms with Crippen molar-refractivity contribution in [2.24, 2.45) is 28.9 Å². The van der Waals surface area contributed by atoms with E-state index < -0.39 is 5.54 Å².